The topological polar surface area (TPSA) is 59.8 Å². The van der Waals surface area contributed by atoms with Gasteiger partial charge in [-0.2, -0.15) is 0 Å². The molecular formula is C20H18ClFN4O. The molecule has 0 unspecified atom stereocenters. The van der Waals surface area contributed by atoms with Gasteiger partial charge in [0.2, 0.25) is 0 Å². The van der Waals surface area contributed by atoms with Crippen molar-refractivity contribution in [2.45, 2.75) is 32.2 Å². The third kappa shape index (κ3) is 3.71. The van der Waals surface area contributed by atoms with E-state index in [0.717, 1.165) is 49.1 Å². The SMILES string of the molecule is O=C(Nc1ccc(-c2nnc3n2CCCCC3)cc1)c1ccc(F)cc1Cl. The van der Waals surface area contributed by atoms with Crippen LogP contribution in [0.2, 0.25) is 5.02 Å². The third-order valence-corrected chi connectivity index (χ3v) is 5.00. The zero-order chi connectivity index (χ0) is 18.8. The molecule has 0 aliphatic carbocycles. The van der Waals surface area contributed by atoms with Gasteiger partial charge in [0.1, 0.15) is 11.6 Å². The first-order chi connectivity index (χ1) is 13.1. The number of aromatic nitrogens is 3. The molecule has 0 atom stereocenters. The van der Waals surface area contributed by atoms with E-state index in [0.29, 0.717) is 5.69 Å². The summed E-state index contributed by atoms with van der Waals surface area (Å²) in [5.74, 6) is 1.02. The Bertz CT molecular complexity index is 984. The van der Waals surface area contributed by atoms with Gasteiger partial charge in [0.15, 0.2) is 5.82 Å². The molecule has 27 heavy (non-hydrogen) atoms. The molecule has 0 fully saturated rings. The van der Waals surface area contributed by atoms with E-state index in [9.17, 15) is 9.18 Å². The molecule has 7 heteroatoms. The van der Waals surface area contributed by atoms with Crippen molar-refractivity contribution in [2.75, 3.05) is 5.32 Å². The standard InChI is InChI=1S/C20H18ClFN4O/c21-17-12-14(22)7-10-16(17)20(27)23-15-8-5-13(6-9-15)19-25-24-18-4-2-1-3-11-26(18)19/h5-10,12H,1-4,11H2,(H,23,27). The van der Waals surface area contributed by atoms with Crippen molar-refractivity contribution in [2.24, 2.45) is 0 Å². The molecule has 1 N–H and O–H groups in total. The lowest BCUT2D eigenvalue weighted by molar-refractivity contribution is 0.102. The Labute approximate surface area is 161 Å². The number of halogens is 2. The van der Waals surface area contributed by atoms with E-state index >= 15 is 0 Å². The molecular weight excluding hydrogens is 367 g/mol. The Morgan fingerprint density at radius 2 is 1.89 bits per heavy atom. The number of hydrogen-bond acceptors (Lipinski definition) is 3. The Morgan fingerprint density at radius 1 is 1.07 bits per heavy atom. The minimum Gasteiger partial charge on any atom is -0.322 e. The smallest absolute Gasteiger partial charge is 0.257 e. The van der Waals surface area contributed by atoms with Gasteiger partial charge in [-0.3, -0.25) is 4.79 Å². The molecule has 4 rings (SSSR count). The second-order valence-corrected chi connectivity index (χ2v) is 6.96. The van der Waals surface area contributed by atoms with Crippen molar-refractivity contribution in [1.29, 1.82) is 0 Å². The maximum absolute atomic E-state index is 13.1. The molecule has 1 aliphatic rings. The Hall–Kier alpha value is -2.73. The Morgan fingerprint density at radius 3 is 2.67 bits per heavy atom. The summed E-state index contributed by atoms with van der Waals surface area (Å²) in [4.78, 5) is 12.3. The molecule has 0 saturated carbocycles. The van der Waals surface area contributed by atoms with Crippen molar-refractivity contribution in [3.8, 4) is 11.4 Å². The van der Waals surface area contributed by atoms with Crippen molar-refractivity contribution in [1.82, 2.24) is 14.8 Å². The number of nitrogens with one attached hydrogen (secondary N) is 1. The van der Waals surface area contributed by atoms with Crippen LogP contribution in [0.15, 0.2) is 42.5 Å². The fraction of sp³-hybridized carbons (Fsp3) is 0.250. The average Bonchev–Trinajstić information content (AvgIpc) is 2.90. The highest BCUT2D eigenvalue weighted by atomic mass is 35.5. The Balaban J connectivity index is 1.53. The van der Waals surface area contributed by atoms with E-state index < -0.39 is 5.82 Å². The predicted octanol–water partition coefficient (Wildman–Crippen LogP) is 4.72. The summed E-state index contributed by atoms with van der Waals surface area (Å²) in [5, 5.41) is 11.5. The minimum atomic E-state index is -0.478. The largest absolute Gasteiger partial charge is 0.322 e. The fourth-order valence-electron chi connectivity index (χ4n) is 3.27. The maximum Gasteiger partial charge on any atom is 0.257 e. The number of hydrogen-bond donors (Lipinski definition) is 1. The van der Waals surface area contributed by atoms with E-state index in [4.69, 9.17) is 11.6 Å². The summed E-state index contributed by atoms with van der Waals surface area (Å²) in [7, 11) is 0. The molecule has 2 aromatic carbocycles. The quantitative estimate of drug-likeness (QED) is 0.711. The second-order valence-electron chi connectivity index (χ2n) is 6.56. The van der Waals surface area contributed by atoms with Crippen LogP contribution in [0.1, 0.15) is 35.4 Å². The van der Waals surface area contributed by atoms with Gasteiger partial charge in [0.25, 0.3) is 5.91 Å². The third-order valence-electron chi connectivity index (χ3n) is 4.69. The summed E-state index contributed by atoms with van der Waals surface area (Å²) in [6.45, 7) is 0.930. The molecule has 138 valence electrons. The van der Waals surface area contributed by atoms with Crippen LogP contribution in [-0.2, 0) is 13.0 Å². The number of carbonyl (C=O) groups is 1. The predicted molar refractivity (Wildman–Crippen MR) is 102 cm³/mol. The summed E-state index contributed by atoms with van der Waals surface area (Å²) in [6.07, 6.45) is 4.44. The molecule has 0 spiro atoms. The van der Waals surface area contributed by atoms with Crippen LogP contribution in [0.5, 0.6) is 0 Å². The highest BCUT2D eigenvalue weighted by molar-refractivity contribution is 6.34. The molecule has 3 aromatic rings. The van der Waals surface area contributed by atoms with E-state index in [2.05, 4.69) is 20.1 Å². The van der Waals surface area contributed by atoms with Gasteiger partial charge in [-0.05, 0) is 55.3 Å². The molecule has 1 aliphatic heterocycles. The molecule has 0 radical (unpaired) electrons. The average molecular weight is 385 g/mol. The van der Waals surface area contributed by atoms with Gasteiger partial charge in [0, 0.05) is 24.2 Å². The van der Waals surface area contributed by atoms with Crippen LogP contribution in [0, 0.1) is 5.82 Å². The van der Waals surface area contributed by atoms with Crippen molar-refractivity contribution >= 4 is 23.2 Å². The van der Waals surface area contributed by atoms with E-state index in [1.807, 2.05) is 24.3 Å². The highest BCUT2D eigenvalue weighted by Crippen LogP contribution is 2.25. The van der Waals surface area contributed by atoms with Crippen molar-refractivity contribution in [3.63, 3.8) is 0 Å². The first kappa shape index (κ1) is 17.7. The zero-order valence-electron chi connectivity index (χ0n) is 14.6. The number of carbonyl (C=O) groups excluding carboxylic acids is 1. The number of fused-ring (bicyclic) bond motifs is 1. The van der Waals surface area contributed by atoms with Crippen LogP contribution >= 0.6 is 11.6 Å². The summed E-state index contributed by atoms with van der Waals surface area (Å²) in [6, 6.07) is 11.1. The minimum absolute atomic E-state index is 0.0790. The number of rotatable bonds is 3. The van der Waals surface area contributed by atoms with Crippen LogP contribution in [0.25, 0.3) is 11.4 Å². The first-order valence-electron chi connectivity index (χ1n) is 8.91. The van der Waals surface area contributed by atoms with E-state index in [1.54, 1.807) is 0 Å². The molecule has 1 amide bonds. The summed E-state index contributed by atoms with van der Waals surface area (Å²) in [5.41, 5.74) is 1.80. The second kappa shape index (κ2) is 7.48. The summed E-state index contributed by atoms with van der Waals surface area (Å²) < 4.78 is 15.3. The number of nitrogens with zero attached hydrogens (tertiary/aromatic N) is 3. The summed E-state index contributed by atoms with van der Waals surface area (Å²) >= 11 is 5.95. The van der Waals surface area contributed by atoms with E-state index in [1.165, 1.54) is 18.6 Å². The van der Waals surface area contributed by atoms with Crippen LogP contribution in [-0.4, -0.2) is 20.7 Å². The van der Waals surface area contributed by atoms with Gasteiger partial charge >= 0.3 is 0 Å². The normalized spacial score (nSPS) is 13.7. The Kier molecular flexibility index (Phi) is 4.90. The van der Waals surface area contributed by atoms with Crippen LogP contribution < -0.4 is 5.32 Å². The number of aryl methyl sites for hydroxylation is 1. The van der Waals surface area contributed by atoms with Gasteiger partial charge in [0.05, 0.1) is 10.6 Å². The highest BCUT2D eigenvalue weighted by Gasteiger charge is 2.16. The van der Waals surface area contributed by atoms with Gasteiger partial charge in [-0.15, -0.1) is 10.2 Å². The molecule has 2 heterocycles. The lowest BCUT2D eigenvalue weighted by Crippen LogP contribution is -2.12. The number of anilines is 1. The van der Waals surface area contributed by atoms with Crippen LogP contribution in [0.3, 0.4) is 0 Å². The maximum atomic E-state index is 13.1. The first-order valence-corrected chi connectivity index (χ1v) is 9.28. The number of amides is 1. The van der Waals surface area contributed by atoms with Crippen molar-refractivity contribution in [3.05, 3.63) is 64.7 Å². The molecule has 0 bridgehead atoms. The van der Waals surface area contributed by atoms with Crippen LogP contribution in [0.4, 0.5) is 10.1 Å². The lowest BCUT2D eigenvalue weighted by Gasteiger charge is -2.09. The molecule has 0 saturated heterocycles. The van der Waals surface area contributed by atoms with E-state index in [-0.39, 0.29) is 16.5 Å². The molecule has 1 aromatic heterocycles. The molecule has 5 nitrogen and oxygen atoms in total. The van der Waals surface area contributed by atoms with Gasteiger partial charge < -0.3 is 9.88 Å². The van der Waals surface area contributed by atoms with Crippen molar-refractivity contribution < 1.29 is 9.18 Å². The lowest BCUT2D eigenvalue weighted by atomic mass is 10.1. The number of benzene rings is 2. The van der Waals surface area contributed by atoms with Gasteiger partial charge in [-0.25, -0.2) is 4.39 Å². The zero-order valence-corrected chi connectivity index (χ0v) is 15.3. The monoisotopic (exact) mass is 384 g/mol. The fourth-order valence-corrected chi connectivity index (χ4v) is 3.53. The van der Waals surface area contributed by atoms with Gasteiger partial charge in [-0.1, -0.05) is 18.0 Å².